The van der Waals surface area contributed by atoms with Crippen LogP contribution in [0.4, 0.5) is 0 Å². The minimum absolute atomic E-state index is 0.0820. The van der Waals surface area contributed by atoms with E-state index in [1.165, 1.54) is 4.70 Å². The summed E-state index contributed by atoms with van der Waals surface area (Å²) in [6.07, 6.45) is 3.84. The van der Waals surface area contributed by atoms with Gasteiger partial charge in [-0.05, 0) is 31.0 Å². The molecule has 3 heterocycles. The van der Waals surface area contributed by atoms with E-state index in [2.05, 4.69) is 11.1 Å². The Balaban J connectivity index is 1.53. The van der Waals surface area contributed by atoms with Crippen LogP contribution in [-0.2, 0) is 0 Å². The number of nitrogens with zero attached hydrogens (tertiary/aromatic N) is 2. The van der Waals surface area contributed by atoms with Crippen LogP contribution in [0.3, 0.4) is 0 Å². The van der Waals surface area contributed by atoms with E-state index in [9.17, 15) is 4.79 Å². The third-order valence-electron chi connectivity index (χ3n) is 4.93. The average Bonchev–Trinajstić information content (AvgIpc) is 3.37. The maximum absolute atomic E-state index is 13.2. The Morgan fingerprint density at radius 1 is 1.16 bits per heavy atom. The minimum atomic E-state index is 0.0820. The highest BCUT2D eigenvalue weighted by Crippen LogP contribution is 2.37. The molecular formula is C20H17N3OS. The van der Waals surface area contributed by atoms with Crippen LogP contribution >= 0.6 is 11.3 Å². The normalized spacial score (nSPS) is 17.6. The summed E-state index contributed by atoms with van der Waals surface area (Å²) < 4.78 is 1.18. The molecule has 1 saturated heterocycles. The van der Waals surface area contributed by atoms with Crippen LogP contribution < -0.4 is 0 Å². The van der Waals surface area contributed by atoms with Crippen molar-refractivity contribution < 1.29 is 4.79 Å². The molecule has 1 aliphatic heterocycles. The van der Waals surface area contributed by atoms with Gasteiger partial charge in [0.1, 0.15) is 5.01 Å². The number of fused-ring (bicyclic) bond motifs is 2. The zero-order valence-corrected chi connectivity index (χ0v) is 14.4. The Labute approximate surface area is 149 Å². The van der Waals surface area contributed by atoms with Gasteiger partial charge in [-0.15, -0.1) is 11.3 Å². The second-order valence-electron chi connectivity index (χ2n) is 6.42. The average molecular weight is 347 g/mol. The lowest BCUT2D eigenvalue weighted by Crippen LogP contribution is -2.30. The number of carbonyl (C=O) groups excluding carboxylic acids is 1. The fraction of sp³-hybridized carbons (Fsp3) is 0.200. The number of benzene rings is 2. The third-order valence-corrected chi connectivity index (χ3v) is 6.07. The van der Waals surface area contributed by atoms with Gasteiger partial charge in [-0.25, -0.2) is 4.98 Å². The van der Waals surface area contributed by atoms with E-state index in [4.69, 9.17) is 4.98 Å². The second kappa shape index (κ2) is 5.70. The van der Waals surface area contributed by atoms with Crippen molar-refractivity contribution in [1.82, 2.24) is 14.9 Å². The van der Waals surface area contributed by atoms with E-state index in [0.29, 0.717) is 0 Å². The monoisotopic (exact) mass is 347 g/mol. The van der Waals surface area contributed by atoms with Gasteiger partial charge in [0, 0.05) is 23.6 Å². The van der Waals surface area contributed by atoms with Gasteiger partial charge in [0.25, 0.3) is 5.91 Å². The van der Waals surface area contributed by atoms with E-state index in [-0.39, 0.29) is 11.9 Å². The number of carbonyl (C=O) groups is 1. The first kappa shape index (κ1) is 14.7. The Morgan fingerprint density at radius 2 is 2.00 bits per heavy atom. The van der Waals surface area contributed by atoms with Crippen molar-refractivity contribution in [2.75, 3.05) is 6.54 Å². The molecule has 5 heteroatoms. The molecule has 1 aliphatic rings. The van der Waals surface area contributed by atoms with Gasteiger partial charge in [0.2, 0.25) is 0 Å². The molecule has 1 fully saturated rings. The highest BCUT2D eigenvalue weighted by Gasteiger charge is 2.33. The lowest BCUT2D eigenvalue weighted by molar-refractivity contribution is 0.0737. The van der Waals surface area contributed by atoms with Gasteiger partial charge in [0.05, 0.1) is 21.8 Å². The highest BCUT2D eigenvalue weighted by molar-refractivity contribution is 7.18. The van der Waals surface area contributed by atoms with Crippen LogP contribution in [0.1, 0.15) is 34.2 Å². The molecule has 2 aromatic carbocycles. The smallest absolute Gasteiger partial charge is 0.256 e. The summed E-state index contributed by atoms with van der Waals surface area (Å²) in [6.45, 7) is 0.791. The summed E-state index contributed by atoms with van der Waals surface area (Å²) in [6, 6.07) is 16.2. The van der Waals surface area contributed by atoms with E-state index in [0.717, 1.165) is 46.4 Å². The fourth-order valence-corrected chi connectivity index (χ4v) is 4.82. The van der Waals surface area contributed by atoms with Crippen molar-refractivity contribution in [1.29, 1.82) is 0 Å². The first-order chi connectivity index (χ1) is 12.3. The Kier molecular flexibility index (Phi) is 3.35. The molecule has 0 bridgehead atoms. The molecule has 1 atom stereocenters. The zero-order valence-electron chi connectivity index (χ0n) is 13.6. The molecule has 1 N–H and O–H groups in total. The standard InChI is InChI=1S/C20H17N3OS/c24-20(14-12-21-15-7-2-1-6-13(14)15)23-11-5-9-17(23)19-22-16-8-3-4-10-18(16)25-19/h1-4,6-8,10,12,17,21H,5,9,11H2/t17-/m1/s1. The molecule has 4 aromatic rings. The number of aromatic amines is 1. The van der Waals surface area contributed by atoms with E-state index >= 15 is 0 Å². The number of thiazole rings is 1. The molecule has 0 saturated carbocycles. The molecule has 5 rings (SSSR count). The SMILES string of the molecule is O=C(c1c[nH]c2ccccc12)N1CCC[C@@H]1c1nc2ccccc2s1. The van der Waals surface area contributed by atoms with Crippen LogP contribution in [0.5, 0.6) is 0 Å². The highest BCUT2D eigenvalue weighted by atomic mass is 32.1. The molecule has 1 amide bonds. The lowest BCUT2D eigenvalue weighted by atomic mass is 10.1. The molecule has 4 nitrogen and oxygen atoms in total. The molecule has 0 spiro atoms. The number of rotatable bonds is 2. The summed E-state index contributed by atoms with van der Waals surface area (Å²) in [4.78, 5) is 23.2. The minimum Gasteiger partial charge on any atom is -0.360 e. The number of hydrogen-bond donors (Lipinski definition) is 1. The van der Waals surface area contributed by atoms with Gasteiger partial charge in [0.15, 0.2) is 0 Å². The van der Waals surface area contributed by atoms with E-state index in [1.807, 2.05) is 53.6 Å². The van der Waals surface area contributed by atoms with Gasteiger partial charge >= 0.3 is 0 Å². The number of para-hydroxylation sites is 2. The second-order valence-corrected chi connectivity index (χ2v) is 7.49. The molecule has 0 aliphatic carbocycles. The fourth-order valence-electron chi connectivity index (χ4n) is 3.70. The summed E-state index contributed by atoms with van der Waals surface area (Å²) in [7, 11) is 0. The van der Waals surface area contributed by atoms with Crippen LogP contribution in [0.25, 0.3) is 21.1 Å². The largest absolute Gasteiger partial charge is 0.360 e. The number of likely N-dealkylation sites (tertiary alicyclic amines) is 1. The first-order valence-electron chi connectivity index (χ1n) is 8.54. The Bertz CT molecular complexity index is 1050. The number of amides is 1. The van der Waals surface area contributed by atoms with Gasteiger partial charge < -0.3 is 9.88 Å². The molecule has 25 heavy (non-hydrogen) atoms. The van der Waals surface area contributed by atoms with Crippen LogP contribution in [0, 0.1) is 0 Å². The van der Waals surface area contributed by atoms with Crippen molar-refractivity contribution in [3.8, 4) is 0 Å². The van der Waals surface area contributed by atoms with Gasteiger partial charge in [-0.3, -0.25) is 4.79 Å². The number of H-pyrrole nitrogens is 1. The van der Waals surface area contributed by atoms with Crippen LogP contribution in [0.15, 0.2) is 54.7 Å². The van der Waals surface area contributed by atoms with Crippen molar-refractivity contribution in [3.63, 3.8) is 0 Å². The van der Waals surface area contributed by atoms with Gasteiger partial charge in [-0.2, -0.15) is 0 Å². The maximum Gasteiger partial charge on any atom is 0.256 e. The number of hydrogen-bond acceptors (Lipinski definition) is 3. The van der Waals surface area contributed by atoms with Crippen molar-refractivity contribution in [2.45, 2.75) is 18.9 Å². The molecular weight excluding hydrogens is 330 g/mol. The van der Waals surface area contributed by atoms with Crippen molar-refractivity contribution in [2.24, 2.45) is 0 Å². The number of aromatic nitrogens is 2. The topological polar surface area (TPSA) is 49.0 Å². The predicted molar refractivity (Wildman–Crippen MR) is 101 cm³/mol. The molecule has 124 valence electrons. The molecule has 0 radical (unpaired) electrons. The van der Waals surface area contributed by atoms with Crippen LogP contribution in [-0.4, -0.2) is 27.3 Å². The van der Waals surface area contributed by atoms with Crippen LogP contribution in [0.2, 0.25) is 0 Å². The van der Waals surface area contributed by atoms with Crippen molar-refractivity contribution >= 4 is 38.4 Å². The maximum atomic E-state index is 13.2. The zero-order chi connectivity index (χ0) is 16.8. The predicted octanol–water partition coefficient (Wildman–Crippen LogP) is 4.75. The third kappa shape index (κ3) is 2.35. The Morgan fingerprint density at radius 3 is 2.92 bits per heavy atom. The first-order valence-corrected chi connectivity index (χ1v) is 9.35. The lowest BCUT2D eigenvalue weighted by Gasteiger charge is -2.22. The van der Waals surface area contributed by atoms with Crippen molar-refractivity contribution in [3.05, 3.63) is 65.3 Å². The molecule has 0 unspecified atom stereocenters. The summed E-state index contributed by atoms with van der Waals surface area (Å²) in [5, 5.41) is 2.04. The quantitative estimate of drug-likeness (QED) is 0.568. The van der Waals surface area contributed by atoms with E-state index in [1.54, 1.807) is 11.3 Å². The van der Waals surface area contributed by atoms with E-state index < -0.39 is 0 Å². The summed E-state index contributed by atoms with van der Waals surface area (Å²) in [5.41, 5.74) is 2.78. The summed E-state index contributed by atoms with van der Waals surface area (Å²) >= 11 is 1.70. The van der Waals surface area contributed by atoms with Gasteiger partial charge in [-0.1, -0.05) is 30.3 Å². The summed E-state index contributed by atoms with van der Waals surface area (Å²) in [5.74, 6) is 0.0965. The number of nitrogens with one attached hydrogen (secondary N) is 1. The Hall–Kier alpha value is -2.66. The molecule has 2 aromatic heterocycles.